The minimum absolute atomic E-state index is 0.193. The second-order valence-corrected chi connectivity index (χ2v) is 4.99. The highest BCUT2D eigenvalue weighted by Crippen LogP contribution is 2.18. The van der Waals surface area contributed by atoms with Gasteiger partial charge in [-0.3, -0.25) is 4.68 Å². The predicted octanol–water partition coefficient (Wildman–Crippen LogP) is 1.89. The molecule has 0 saturated carbocycles. The molecule has 0 aliphatic carbocycles. The highest BCUT2D eigenvalue weighted by molar-refractivity contribution is 5.14. The third kappa shape index (κ3) is 4.26. The van der Waals surface area contributed by atoms with Gasteiger partial charge in [-0.05, 0) is 37.9 Å². The molecule has 0 saturated heterocycles. The molecule has 2 heterocycles. The average Bonchev–Trinajstić information content (AvgIpc) is 2.93. The van der Waals surface area contributed by atoms with E-state index in [4.69, 9.17) is 4.74 Å². The number of aryl methyl sites for hydroxylation is 2. The summed E-state index contributed by atoms with van der Waals surface area (Å²) in [7, 11) is 3.57. The minimum atomic E-state index is 0.193. The first-order chi connectivity index (χ1) is 10.2. The fourth-order valence-electron chi connectivity index (χ4n) is 2.24. The summed E-state index contributed by atoms with van der Waals surface area (Å²) < 4.78 is 6.97. The highest BCUT2D eigenvalue weighted by Gasteiger charge is 2.14. The Kier molecular flexibility index (Phi) is 5.68. The Balaban J connectivity index is 2.04. The van der Waals surface area contributed by atoms with Crippen LogP contribution in [0.3, 0.4) is 0 Å². The molecule has 0 aromatic carbocycles. The van der Waals surface area contributed by atoms with E-state index in [0.29, 0.717) is 5.88 Å². The lowest BCUT2D eigenvalue weighted by Gasteiger charge is -2.17. The maximum absolute atomic E-state index is 5.06. The van der Waals surface area contributed by atoms with Crippen molar-refractivity contribution in [1.82, 2.24) is 25.3 Å². The van der Waals surface area contributed by atoms with Crippen molar-refractivity contribution in [3.8, 4) is 5.88 Å². The van der Waals surface area contributed by atoms with Gasteiger partial charge in [0, 0.05) is 25.0 Å². The molecule has 1 atom stereocenters. The predicted molar refractivity (Wildman–Crippen MR) is 81.1 cm³/mol. The number of rotatable bonds is 8. The Morgan fingerprint density at radius 2 is 2.14 bits per heavy atom. The second-order valence-electron chi connectivity index (χ2n) is 4.99. The van der Waals surface area contributed by atoms with Crippen molar-refractivity contribution in [2.24, 2.45) is 7.05 Å². The normalized spacial score (nSPS) is 12.3. The molecule has 2 aromatic rings. The monoisotopic (exact) mass is 289 g/mol. The van der Waals surface area contributed by atoms with Crippen LogP contribution in [0, 0.1) is 0 Å². The quantitative estimate of drug-likeness (QED) is 0.804. The van der Waals surface area contributed by atoms with Gasteiger partial charge in [0.1, 0.15) is 0 Å². The summed E-state index contributed by atoms with van der Waals surface area (Å²) in [5, 5.41) is 16.1. The van der Waals surface area contributed by atoms with Crippen LogP contribution in [-0.4, -0.2) is 33.6 Å². The van der Waals surface area contributed by atoms with Crippen LogP contribution in [0.2, 0.25) is 0 Å². The molecule has 1 N–H and O–H groups in total. The molecule has 0 spiro atoms. The van der Waals surface area contributed by atoms with Crippen molar-refractivity contribution in [3.63, 3.8) is 0 Å². The van der Waals surface area contributed by atoms with Crippen LogP contribution in [-0.2, 0) is 13.5 Å². The van der Waals surface area contributed by atoms with E-state index < -0.39 is 0 Å². The zero-order valence-electron chi connectivity index (χ0n) is 12.9. The molecule has 6 heteroatoms. The van der Waals surface area contributed by atoms with Crippen LogP contribution in [0.5, 0.6) is 5.88 Å². The number of nitrogens with zero attached hydrogens (tertiary/aromatic N) is 4. The van der Waals surface area contributed by atoms with Gasteiger partial charge in [-0.15, -0.1) is 5.10 Å². The van der Waals surface area contributed by atoms with E-state index in [-0.39, 0.29) is 6.04 Å². The lowest BCUT2D eigenvalue weighted by Crippen LogP contribution is -2.24. The highest BCUT2D eigenvalue weighted by atomic mass is 16.5. The Bertz CT molecular complexity index is 537. The number of ether oxygens (including phenoxy) is 1. The summed E-state index contributed by atoms with van der Waals surface area (Å²) in [6, 6.07) is 6.07. The molecule has 1 unspecified atom stereocenters. The third-order valence-corrected chi connectivity index (χ3v) is 3.48. The maximum Gasteiger partial charge on any atom is 0.233 e. The number of hydrogen-bond acceptors (Lipinski definition) is 5. The average molecular weight is 289 g/mol. The van der Waals surface area contributed by atoms with E-state index in [0.717, 1.165) is 31.5 Å². The Hall–Kier alpha value is -1.95. The molecule has 0 aliphatic heterocycles. The van der Waals surface area contributed by atoms with Gasteiger partial charge in [-0.25, -0.2) is 0 Å². The lowest BCUT2D eigenvalue weighted by atomic mass is 10.1. The van der Waals surface area contributed by atoms with Gasteiger partial charge in [0.25, 0.3) is 0 Å². The molecular formula is C15H23N5O. The number of methoxy groups -OCH3 is 1. The van der Waals surface area contributed by atoms with Gasteiger partial charge in [-0.2, -0.15) is 10.2 Å². The van der Waals surface area contributed by atoms with E-state index in [9.17, 15) is 0 Å². The molecule has 2 rings (SSSR count). The van der Waals surface area contributed by atoms with Gasteiger partial charge < -0.3 is 10.1 Å². The Labute approximate surface area is 125 Å². The van der Waals surface area contributed by atoms with Crippen LogP contribution in [0.25, 0.3) is 0 Å². The summed E-state index contributed by atoms with van der Waals surface area (Å²) in [6.45, 7) is 3.12. The van der Waals surface area contributed by atoms with Gasteiger partial charge >= 0.3 is 0 Å². The first-order valence-electron chi connectivity index (χ1n) is 7.32. The molecular weight excluding hydrogens is 266 g/mol. The standard InChI is InChI=1S/C15H23N5O/c1-4-10-16-13(6-5-12-9-11-17-20(12)2)14-7-8-15(21-3)19-18-14/h7-9,11,13,16H,4-6,10H2,1-3H3. The second kappa shape index (κ2) is 7.73. The Morgan fingerprint density at radius 3 is 2.71 bits per heavy atom. The number of aromatic nitrogens is 4. The summed E-state index contributed by atoms with van der Waals surface area (Å²) >= 11 is 0. The molecule has 0 amide bonds. The fraction of sp³-hybridized carbons (Fsp3) is 0.533. The van der Waals surface area contributed by atoms with Gasteiger partial charge in [0.2, 0.25) is 5.88 Å². The summed E-state index contributed by atoms with van der Waals surface area (Å²) in [4.78, 5) is 0. The largest absolute Gasteiger partial charge is 0.480 e. The zero-order valence-corrected chi connectivity index (χ0v) is 12.9. The van der Waals surface area contributed by atoms with Crippen molar-refractivity contribution in [3.05, 3.63) is 35.8 Å². The fourth-order valence-corrected chi connectivity index (χ4v) is 2.24. The van der Waals surface area contributed by atoms with Crippen LogP contribution in [0.4, 0.5) is 0 Å². The zero-order chi connectivity index (χ0) is 15.1. The van der Waals surface area contributed by atoms with Crippen LogP contribution in [0.1, 0.15) is 37.2 Å². The first-order valence-corrected chi connectivity index (χ1v) is 7.32. The molecule has 0 aliphatic rings. The molecule has 2 aromatic heterocycles. The van der Waals surface area contributed by atoms with Crippen LogP contribution >= 0.6 is 0 Å². The van der Waals surface area contributed by atoms with Crippen LogP contribution < -0.4 is 10.1 Å². The van der Waals surface area contributed by atoms with E-state index in [1.54, 1.807) is 7.11 Å². The summed E-state index contributed by atoms with van der Waals surface area (Å²) in [5.74, 6) is 0.541. The van der Waals surface area contributed by atoms with Gasteiger partial charge in [0.05, 0.1) is 18.8 Å². The SMILES string of the molecule is CCCNC(CCc1ccnn1C)c1ccc(OC)nn1. The topological polar surface area (TPSA) is 64.9 Å². The molecule has 0 bridgehead atoms. The van der Waals surface area contributed by atoms with Crippen molar-refractivity contribution in [2.45, 2.75) is 32.2 Å². The molecule has 6 nitrogen and oxygen atoms in total. The van der Waals surface area contributed by atoms with Gasteiger partial charge in [0.15, 0.2) is 0 Å². The first kappa shape index (κ1) is 15.4. The van der Waals surface area contributed by atoms with E-state index in [2.05, 4.69) is 33.6 Å². The van der Waals surface area contributed by atoms with Crippen molar-refractivity contribution in [1.29, 1.82) is 0 Å². The number of nitrogens with one attached hydrogen (secondary N) is 1. The van der Waals surface area contributed by atoms with Crippen molar-refractivity contribution < 1.29 is 4.74 Å². The summed E-state index contributed by atoms with van der Waals surface area (Å²) in [6.07, 6.45) is 4.83. The lowest BCUT2D eigenvalue weighted by molar-refractivity contribution is 0.388. The maximum atomic E-state index is 5.06. The molecule has 0 fully saturated rings. The minimum Gasteiger partial charge on any atom is -0.480 e. The van der Waals surface area contributed by atoms with Crippen molar-refractivity contribution >= 4 is 0 Å². The molecule has 0 radical (unpaired) electrons. The van der Waals surface area contributed by atoms with E-state index in [1.807, 2.05) is 30.1 Å². The van der Waals surface area contributed by atoms with Crippen LogP contribution in [0.15, 0.2) is 24.4 Å². The summed E-state index contributed by atoms with van der Waals surface area (Å²) in [5.41, 5.74) is 2.17. The number of hydrogen-bond donors (Lipinski definition) is 1. The molecule has 21 heavy (non-hydrogen) atoms. The third-order valence-electron chi connectivity index (χ3n) is 3.48. The molecule has 114 valence electrons. The van der Waals surface area contributed by atoms with Gasteiger partial charge in [-0.1, -0.05) is 6.92 Å². The Morgan fingerprint density at radius 1 is 1.29 bits per heavy atom. The van der Waals surface area contributed by atoms with Crippen molar-refractivity contribution in [2.75, 3.05) is 13.7 Å². The van der Waals surface area contributed by atoms with E-state index >= 15 is 0 Å². The van der Waals surface area contributed by atoms with E-state index in [1.165, 1.54) is 5.69 Å². The smallest absolute Gasteiger partial charge is 0.233 e.